The van der Waals surface area contributed by atoms with Crippen LogP contribution in [0.3, 0.4) is 0 Å². The van der Waals surface area contributed by atoms with Gasteiger partial charge >= 0.3 is 0 Å². The number of halogens is 1. The number of nitrogens with zero attached hydrogens (tertiary/aromatic N) is 1. The summed E-state index contributed by atoms with van der Waals surface area (Å²) in [4.78, 5) is 0. The summed E-state index contributed by atoms with van der Waals surface area (Å²) in [6.07, 6.45) is 1.83. The van der Waals surface area contributed by atoms with Crippen molar-refractivity contribution in [3.05, 3.63) is 58.1 Å². The number of hydroxylamine groups is 2. The summed E-state index contributed by atoms with van der Waals surface area (Å²) < 4.78 is 12.4. The number of ether oxygens (including phenoxy) is 2. The third-order valence-electron chi connectivity index (χ3n) is 4.82. The van der Waals surface area contributed by atoms with Crippen molar-refractivity contribution in [2.45, 2.75) is 44.9 Å². The highest BCUT2D eigenvalue weighted by Crippen LogP contribution is 2.45. The minimum absolute atomic E-state index is 0.0608. The van der Waals surface area contributed by atoms with E-state index in [2.05, 4.69) is 29.8 Å². The van der Waals surface area contributed by atoms with Crippen LogP contribution < -0.4 is 9.47 Å². The number of hydrogen-bond acceptors (Lipinski definition) is 4. The molecule has 5 heteroatoms. The normalized spacial score (nSPS) is 19.8. The first-order chi connectivity index (χ1) is 11.9. The Balaban J connectivity index is 1.88. The van der Waals surface area contributed by atoms with Gasteiger partial charge in [-0.25, -0.2) is 0 Å². The highest BCUT2D eigenvalue weighted by Gasteiger charge is 2.40. The molecule has 1 saturated heterocycles. The number of rotatable bonds is 5. The van der Waals surface area contributed by atoms with Crippen LogP contribution in [0.4, 0.5) is 0 Å². The molecule has 3 rings (SSSR count). The molecule has 0 aliphatic carbocycles. The molecule has 2 aromatic carbocycles. The van der Waals surface area contributed by atoms with Gasteiger partial charge in [-0.05, 0) is 49.9 Å². The smallest absolute Gasteiger partial charge is 0.162 e. The minimum Gasteiger partial charge on any atom is -0.493 e. The fourth-order valence-corrected chi connectivity index (χ4v) is 3.84. The Kier molecular flexibility index (Phi) is 5.37. The SMILES string of the molecule is COc1cc(Br)c(C2CCC(C)(C)N2O)cc1OCc1ccccc1. The van der Waals surface area contributed by atoms with Crippen LogP contribution >= 0.6 is 15.9 Å². The minimum atomic E-state index is -0.227. The van der Waals surface area contributed by atoms with Crippen LogP contribution in [-0.2, 0) is 6.61 Å². The van der Waals surface area contributed by atoms with E-state index in [4.69, 9.17) is 9.47 Å². The number of methoxy groups -OCH3 is 1. The zero-order chi connectivity index (χ0) is 18.0. The molecule has 0 radical (unpaired) electrons. The molecule has 0 saturated carbocycles. The molecule has 1 N–H and O–H groups in total. The monoisotopic (exact) mass is 405 g/mol. The van der Waals surface area contributed by atoms with Gasteiger partial charge in [-0.15, -0.1) is 0 Å². The second-order valence-corrected chi connectivity index (χ2v) is 7.86. The van der Waals surface area contributed by atoms with Gasteiger partial charge in [0.15, 0.2) is 11.5 Å². The largest absolute Gasteiger partial charge is 0.493 e. The van der Waals surface area contributed by atoms with Gasteiger partial charge in [0.25, 0.3) is 0 Å². The van der Waals surface area contributed by atoms with E-state index >= 15 is 0 Å². The molecular weight excluding hydrogens is 382 g/mol. The van der Waals surface area contributed by atoms with Crippen LogP contribution in [0, 0.1) is 0 Å². The van der Waals surface area contributed by atoms with E-state index in [1.807, 2.05) is 42.5 Å². The van der Waals surface area contributed by atoms with Gasteiger partial charge < -0.3 is 14.7 Å². The lowest BCUT2D eigenvalue weighted by molar-refractivity contribution is -0.166. The lowest BCUT2D eigenvalue weighted by atomic mass is 10.0. The Labute approximate surface area is 157 Å². The molecule has 2 aromatic rings. The maximum Gasteiger partial charge on any atom is 0.162 e. The summed E-state index contributed by atoms with van der Waals surface area (Å²) in [5.74, 6) is 1.36. The quantitative estimate of drug-likeness (QED) is 0.728. The van der Waals surface area contributed by atoms with E-state index in [1.54, 1.807) is 7.11 Å². The Morgan fingerprint density at radius 1 is 1.20 bits per heavy atom. The third kappa shape index (κ3) is 3.84. The molecule has 1 aliphatic heterocycles. The first kappa shape index (κ1) is 18.2. The van der Waals surface area contributed by atoms with Gasteiger partial charge in [0, 0.05) is 10.0 Å². The van der Waals surface area contributed by atoms with Gasteiger partial charge in [-0.1, -0.05) is 46.3 Å². The highest BCUT2D eigenvalue weighted by molar-refractivity contribution is 9.10. The lowest BCUT2D eigenvalue weighted by Crippen LogP contribution is -2.36. The summed E-state index contributed by atoms with van der Waals surface area (Å²) >= 11 is 3.62. The summed E-state index contributed by atoms with van der Waals surface area (Å²) in [5.41, 5.74) is 1.88. The highest BCUT2D eigenvalue weighted by atomic mass is 79.9. The van der Waals surface area contributed by atoms with E-state index in [9.17, 15) is 5.21 Å². The third-order valence-corrected chi connectivity index (χ3v) is 5.51. The van der Waals surface area contributed by atoms with Crippen LogP contribution in [0.15, 0.2) is 46.9 Å². The van der Waals surface area contributed by atoms with Gasteiger partial charge in [-0.2, -0.15) is 5.06 Å². The maximum absolute atomic E-state index is 10.6. The first-order valence-corrected chi connectivity index (χ1v) is 9.24. The van der Waals surface area contributed by atoms with E-state index < -0.39 is 0 Å². The predicted molar refractivity (Wildman–Crippen MR) is 101 cm³/mol. The average molecular weight is 406 g/mol. The van der Waals surface area contributed by atoms with Crippen molar-refractivity contribution in [1.82, 2.24) is 5.06 Å². The zero-order valence-electron chi connectivity index (χ0n) is 14.8. The van der Waals surface area contributed by atoms with Crippen LogP contribution in [0.1, 0.15) is 43.9 Å². The van der Waals surface area contributed by atoms with E-state index in [-0.39, 0.29) is 11.6 Å². The molecule has 0 amide bonds. The van der Waals surface area contributed by atoms with Gasteiger partial charge in [0.2, 0.25) is 0 Å². The van der Waals surface area contributed by atoms with Gasteiger partial charge in [-0.3, -0.25) is 0 Å². The molecule has 0 spiro atoms. The van der Waals surface area contributed by atoms with E-state index in [0.717, 1.165) is 28.4 Å². The van der Waals surface area contributed by atoms with Crippen molar-refractivity contribution in [3.8, 4) is 11.5 Å². The fraction of sp³-hybridized carbons (Fsp3) is 0.400. The molecule has 25 heavy (non-hydrogen) atoms. The summed E-state index contributed by atoms with van der Waals surface area (Å²) in [6, 6.07) is 13.9. The molecule has 0 bridgehead atoms. The Hall–Kier alpha value is -1.56. The van der Waals surface area contributed by atoms with Crippen LogP contribution in [0.25, 0.3) is 0 Å². The predicted octanol–water partition coefficient (Wildman–Crippen LogP) is 5.34. The molecule has 1 aliphatic rings. The Bertz CT molecular complexity index is 733. The molecule has 0 aromatic heterocycles. The average Bonchev–Trinajstić information content (AvgIpc) is 2.88. The zero-order valence-corrected chi connectivity index (χ0v) is 16.4. The summed E-state index contributed by atoms with van der Waals surface area (Å²) in [7, 11) is 1.63. The number of benzene rings is 2. The van der Waals surface area contributed by atoms with Crippen LogP contribution in [0.5, 0.6) is 11.5 Å². The molecule has 1 unspecified atom stereocenters. The lowest BCUT2D eigenvalue weighted by Gasteiger charge is -2.30. The first-order valence-electron chi connectivity index (χ1n) is 8.45. The Morgan fingerprint density at radius 3 is 2.52 bits per heavy atom. The van der Waals surface area contributed by atoms with Crippen LogP contribution in [0.2, 0.25) is 0 Å². The van der Waals surface area contributed by atoms with Crippen LogP contribution in [-0.4, -0.2) is 22.9 Å². The second kappa shape index (κ2) is 7.36. The van der Waals surface area contributed by atoms with Crippen molar-refractivity contribution in [1.29, 1.82) is 0 Å². The maximum atomic E-state index is 10.6. The number of hydrogen-bond donors (Lipinski definition) is 1. The molecule has 1 heterocycles. The standard InChI is InChI=1S/C20H24BrNO3/c1-20(2)10-9-17(22(20)23)15-11-19(18(24-3)12-16(15)21)25-13-14-7-5-4-6-8-14/h4-8,11-12,17,23H,9-10,13H2,1-3H3. The van der Waals surface area contributed by atoms with Crippen molar-refractivity contribution in [2.24, 2.45) is 0 Å². The van der Waals surface area contributed by atoms with Crippen molar-refractivity contribution in [2.75, 3.05) is 7.11 Å². The Morgan fingerprint density at radius 2 is 1.92 bits per heavy atom. The van der Waals surface area contributed by atoms with E-state index in [1.165, 1.54) is 5.06 Å². The van der Waals surface area contributed by atoms with E-state index in [0.29, 0.717) is 18.1 Å². The van der Waals surface area contributed by atoms with Crippen molar-refractivity contribution >= 4 is 15.9 Å². The topological polar surface area (TPSA) is 41.9 Å². The molecule has 1 atom stereocenters. The fourth-order valence-electron chi connectivity index (χ4n) is 3.25. The summed E-state index contributed by atoms with van der Waals surface area (Å²) in [6.45, 7) is 4.58. The molecule has 4 nitrogen and oxygen atoms in total. The van der Waals surface area contributed by atoms with Gasteiger partial charge in [0.1, 0.15) is 6.61 Å². The molecule has 1 fully saturated rings. The molecule has 134 valence electrons. The van der Waals surface area contributed by atoms with Gasteiger partial charge in [0.05, 0.1) is 13.2 Å². The van der Waals surface area contributed by atoms with Crippen molar-refractivity contribution in [3.63, 3.8) is 0 Å². The second-order valence-electron chi connectivity index (χ2n) is 7.01. The molecular formula is C20H24BrNO3. The van der Waals surface area contributed by atoms with Crippen molar-refractivity contribution < 1.29 is 14.7 Å². The summed E-state index contributed by atoms with van der Waals surface area (Å²) in [5, 5.41) is 12.0.